The maximum atomic E-state index is 12.8. The van der Waals surface area contributed by atoms with Crippen LogP contribution in [0, 0.1) is 23.2 Å². The molecule has 0 bridgehead atoms. The molecule has 2 saturated carbocycles. The van der Waals surface area contributed by atoms with Crippen LogP contribution in [0.5, 0.6) is 0 Å². The molecule has 1 aromatic rings. The first-order valence-corrected chi connectivity index (χ1v) is 9.33. The number of Topliss-reactive ketones (excluding diaryl/α,β-unsaturated/α-hetero) is 1. The van der Waals surface area contributed by atoms with Gasteiger partial charge < -0.3 is 5.11 Å². The number of ketones is 1. The molecule has 3 nitrogen and oxygen atoms in total. The van der Waals surface area contributed by atoms with Gasteiger partial charge in [-0.1, -0.05) is 31.2 Å². The second kappa shape index (κ2) is 5.72. The van der Waals surface area contributed by atoms with Gasteiger partial charge in [-0.05, 0) is 66.9 Å². The van der Waals surface area contributed by atoms with E-state index in [4.69, 9.17) is 5.11 Å². The van der Waals surface area contributed by atoms with Crippen LogP contribution in [-0.4, -0.2) is 16.9 Å². The highest BCUT2D eigenvalue weighted by atomic mass is 16.4. The summed E-state index contributed by atoms with van der Waals surface area (Å²) in [5.74, 6) is 1.39. The molecule has 128 valence electrons. The molecule has 4 rings (SSSR count). The molecule has 3 aliphatic rings. The first-order chi connectivity index (χ1) is 11.5. The van der Waals surface area contributed by atoms with Gasteiger partial charge in [-0.3, -0.25) is 9.59 Å². The van der Waals surface area contributed by atoms with Gasteiger partial charge in [0.15, 0.2) is 0 Å². The molecule has 0 heterocycles. The molecule has 1 N–H and O–H groups in total. The molecule has 0 unspecified atom stereocenters. The van der Waals surface area contributed by atoms with Crippen LogP contribution in [0.4, 0.5) is 0 Å². The van der Waals surface area contributed by atoms with Gasteiger partial charge in [-0.25, -0.2) is 0 Å². The maximum Gasteiger partial charge on any atom is 0.303 e. The predicted molar refractivity (Wildman–Crippen MR) is 91.8 cm³/mol. The molecule has 3 heteroatoms. The number of carboxylic acid groups (broad SMARTS) is 1. The minimum Gasteiger partial charge on any atom is -0.481 e. The molecule has 0 amide bonds. The van der Waals surface area contributed by atoms with E-state index >= 15 is 0 Å². The number of aryl methyl sites for hydroxylation is 1. The fraction of sp³-hybridized carbons (Fsp3) is 0.619. The highest BCUT2D eigenvalue weighted by Gasteiger charge is 2.58. The lowest BCUT2D eigenvalue weighted by molar-refractivity contribution is -0.137. The Balaban J connectivity index is 1.67. The molecule has 0 aromatic heterocycles. The van der Waals surface area contributed by atoms with Crippen LogP contribution in [0.25, 0.3) is 0 Å². The van der Waals surface area contributed by atoms with E-state index in [1.807, 2.05) is 0 Å². The number of rotatable bonds is 3. The van der Waals surface area contributed by atoms with Crippen molar-refractivity contribution >= 4 is 11.8 Å². The highest BCUT2D eigenvalue weighted by Crippen LogP contribution is 2.62. The minimum absolute atomic E-state index is 0.193. The van der Waals surface area contributed by atoms with Crippen molar-refractivity contribution < 1.29 is 14.7 Å². The summed E-state index contributed by atoms with van der Waals surface area (Å²) >= 11 is 0. The SMILES string of the molecule is C[C@]12CC[C@@H]3c4ccccc4CC[C@H]3[C@@H]1[C@H](CCC(=O)O)CC2=O. The van der Waals surface area contributed by atoms with Crippen molar-refractivity contribution in [2.24, 2.45) is 23.2 Å². The van der Waals surface area contributed by atoms with Gasteiger partial charge in [-0.15, -0.1) is 0 Å². The van der Waals surface area contributed by atoms with Crippen molar-refractivity contribution in [3.05, 3.63) is 35.4 Å². The van der Waals surface area contributed by atoms with Crippen LogP contribution in [0.15, 0.2) is 24.3 Å². The van der Waals surface area contributed by atoms with E-state index < -0.39 is 5.97 Å². The van der Waals surface area contributed by atoms with E-state index in [0.717, 1.165) is 25.7 Å². The van der Waals surface area contributed by atoms with Crippen molar-refractivity contribution in [2.45, 2.75) is 57.8 Å². The van der Waals surface area contributed by atoms with Gasteiger partial charge in [0.25, 0.3) is 0 Å². The molecule has 3 aliphatic carbocycles. The summed E-state index contributed by atoms with van der Waals surface area (Å²) < 4.78 is 0. The molecule has 5 atom stereocenters. The third kappa shape index (κ3) is 2.32. The zero-order valence-corrected chi connectivity index (χ0v) is 14.3. The lowest BCUT2D eigenvalue weighted by atomic mass is 9.54. The molecule has 2 fully saturated rings. The maximum absolute atomic E-state index is 12.8. The standard InChI is InChI=1S/C21H26O3/c1-21-11-10-16-15-5-3-2-4-13(15)6-8-17(16)20(21)14(12-18(21)22)7-9-19(23)24/h2-5,14,16-17,20H,6-12H2,1H3,(H,23,24)/t14-,16-,17-,20+,21-/m1/s1. The number of carbonyl (C=O) groups is 2. The normalized spacial score (nSPS) is 37.5. The van der Waals surface area contributed by atoms with Crippen LogP contribution in [-0.2, 0) is 16.0 Å². The van der Waals surface area contributed by atoms with Gasteiger partial charge in [0, 0.05) is 18.3 Å². The Morgan fingerprint density at radius 1 is 1.29 bits per heavy atom. The van der Waals surface area contributed by atoms with Gasteiger partial charge in [0.1, 0.15) is 5.78 Å². The summed E-state index contributed by atoms with van der Waals surface area (Å²) in [5, 5.41) is 9.08. The fourth-order valence-corrected chi connectivity index (χ4v) is 6.16. The molecule has 0 aliphatic heterocycles. The second-order valence-electron chi connectivity index (χ2n) is 8.31. The first-order valence-electron chi connectivity index (χ1n) is 9.33. The van der Waals surface area contributed by atoms with Crippen LogP contribution in [0.3, 0.4) is 0 Å². The number of carbonyl (C=O) groups excluding carboxylic acids is 1. The molecule has 0 spiro atoms. The summed E-state index contributed by atoms with van der Waals surface area (Å²) in [7, 11) is 0. The van der Waals surface area contributed by atoms with Gasteiger partial charge in [0.2, 0.25) is 0 Å². The Bertz CT molecular complexity index is 679. The van der Waals surface area contributed by atoms with Crippen molar-refractivity contribution in [3.63, 3.8) is 0 Å². The van der Waals surface area contributed by atoms with E-state index in [9.17, 15) is 9.59 Å². The number of aliphatic carboxylic acids is 1. The van der Waals surface area contributed by atoms with Crippen molar-refractivity contribution in [2.75, 3.05) is 0 Å². The summed E-state index contributed by atoms with van der Waals surface area (Å²) in [5.41, 5.74) is 2.76. The highest BCUT2D eigenvalue weighted by molar-refractivity contribution is 5.87. The van der Waals surface area contributed by atoms with E-state index in [2.05, 4.69) is 31.2 Å². The summed E-state index contributed by atoms with van der Waals surface area (Å²) in [6.07, 6.45) is 5.77. The Hall–Kier alpha value is -1.64. The Kier molecular flexibility index (Phi) is 3.78. The van der Waals surface area contributed by atoms with Crippen LogP contribution in [0.2, 0.25) is 0 Å². The average Bonchev–Trinajstić information content (AvgIpc) is 2.83. The number of benzene rings is 1. The van der Waals surface area contributed by atoms with Gasteiger partial charge >= 0.3 is 5.97 Å². The topological polar surface area (TPSA) is 54.4 Å². The Morgan fingerprint density at radius 2 is 2.08 bits per heavy atom. The summed E-state index contributed by atoms with van der Waals surface area (Å²) in [6.45, 7) is 2.16. The van der Waals surface area contributed by atoms with Gasteiger partial charge in [0.05, 0.1) is 0 Å². The molecule has 0 radical (unpaired) electrons. The Morgan fingerprint density at radius 3 is 2.88 bits per heavy atom. The average molecular weight is 326 g/mol. The van der Waals surface area contributed by atoms with Crippen LogP contribution < -0.4 is 0 Å². The molecular weight excluding hydrogens is 300 g/mol. The molecule has 24 heavy (non-hydrogen) atoms. The monoisotopic (exact) mass is 326 g/mol. The van der Waals surface area contributed by atoms with E-state index in [0.29, 0.717) is 36.4 Å². The van der Waals surface area contributed by atoms with Crippen molar-refractivity contribution in [1.82, 2.24) is 0 Å². The number of carboxylic acids is 1. The largest absolute Gasteiger partial charge is 0.481 e. The van der Waals surface area contributed by atoms with Crippen LogP contribution >= 0.6 is 0 Å². The van der Waals surface area contributed by atoms with E-state index in [1.165, 1.54) is 11.1 Å². The summed E-state index contributed by atoms with van der Waals surface area (Å²) in [4.78, 5) is 23.8. The summed E-state index contributed by atoms with van der Waals surface area (Å²) in [6, 6.07) is 8.79. The van der Waals surface area contributed by atoms with E-state index in [-0.39, 0.29) is 17.8 Å². The lowest BCUT2D eigenvalue weighted by Gasteiger charge is -2.50. The fourth-order valence-electron chi connectivity index (χ4n) is 6.16. The zero-order valence-electron chi connectivity index (χ0n) is 14.3. The number of hydrogen-bond donors (Lipinski definition) is 1. The van der Waals surface area contributed by atoms with Crippen LogP contribution in [0.1, 0.15) is 62.5 Å². The number of fused-ring (bicyclic) bond motifs is 5. The predicted octanol–water partition coefficient (Wildman–Crippen LogP) is 4.20. The van der Waals surface area contributed by atoms with Crippen molar-refractivity contribution in [1.29, 1.82) is 0 Å². The third-order valence-electron chi connectivity index (χ3n) is 7.21. The van der Waals surface area contributed by atoms with E-state index in [1.54, 1.807) is 0 Å². The second-order valence-corrected chi connectivity index (χ2v) is 8.31. The lowest BCUT2D eigenvalue weighted by Crippen LogP contribution is -2.44. The molecule has 1 aromatic carbocycles. The van der Waals surface area contributed by atoms with Gasteiger partial charge in [-0.2, -0.15) is 0 Å². The van der Waals surface area contributed by atoms with Crippen molar-refractivity contribution in [3.8, 4) is 0 Å². The quantitative estimate of drug-likeness (QED) is 0.905. The third-order valence-corrected chi connectivity index (χ3v) is 7.21. The first kappa shape index (κ1) is 15.9. The Labute approximate surface area is 143 Å². The molecule has 0 saturated heterocycles. The minimum atomic E-state index is -0.739. The molecular formula is C21H26O3. The zero-order chi connectivity index (χ0) is 16.9. The number of hydrogen-bond acceptors (Lipinski definition) is 2. The smallest absolute Gasteiger partial charge is 0.303 e.